The molecule has 1 amide bonds. The van der Waals surface area contributed by atoms with E-state index in [0.29, 0.717) is 0 Å². The Morgan fingerprint density at radius 1 is 1.29 bits per heavy atom. The highest BCUT2D eigenvalue weighted by molar-refractivity contribution is 5.82. The maximum absolute atomic E-state index is 11.8. The quantitative estimate of drug-likeness (QED) is 0.675. The van der Waals surface area contributed by atoms with E-state index < -0.39 is 17.9 Å². The fourth-order valence-electron chi connectivity index (χ4n) is 1.52. The average molecular weight is 243 g/mol. The van der Waals surface area contributed by atoms with Gasteiger partial charge in [-0.25, -0.2) is 0 Å². The minimum absolute atomic E-state index is 0.0233. The standard InChI is InChI=1S/C11H17NO5/c1-7(11(16)17)6-12(5-4-9(13)14)10(15)8-2-3-8/h7-8H,2-6H2,1H3,(H,13,14)(H,16,17). The third-order valence-corrected chi connectivity index (χ3v) is 2.75. The predicted molar refractivity (Wildman–Crippen MR) is 58.4 cm³/mol. The molecule has 1 fully saturated rings. The summed E-state index contributed by atoms with van der Waals surface area (Å²) in [5.74, 6) is -2.77. The first-order chi connectivity index (χ1) is 7.91. The number of carboxylic acids is 2. The topological polar surface area (TPSA) is 94.9 Å². The lowest BCUT2D eigenvalue weighted by Crippen LogP contribution is -2.39. The van der Waals surface area contributed by atoms with Crippen molar-refractivity contribution in [3.63, 3.8) is 0 Å². The van der Waals surface area contributed by atoms with Gasteiger partial charge in [-0.1, -0.05) is 6.92 Å². The lowest BCUT2D eigenvalue weighted by atomic mass is 10.1. The van der Waals surface area contributed by atoms with Gasteiger partial charge in [-0.15, -0.1) is 0 Å². The van der Waals surface area contributed by atoms with Crippen LogP contribution in [0.4, 0.5) is 0 Å². The highest BCUT2D eigenvalue weighted by Crippen LogP contribution is 2.31. The number of amides is 1. The van der Waals surface area contributed by atoms with Crippen LogP contribution in [0, 0.1) is 11.8 Å². The van der Waals surface area contributed by atoms with E-state index in [9.17, 15) is 14.4 Å². The van der Waals surface area contributed by atoms with Gasteiger partial charge in [0.1, 0.15) is 0 Å². The molecule has 6 heteroatoms. The molecule has 1 aliphatic rings. The molecule has 0 bridgehead atoms. The molecule has 0 heterocycles. The third kappa shape index (κ3) is 4.42. The van der Waals surface area contributed by atoms with Crippen molar-refractivity contribution >= 4 is 17.8 Å². The monoisotopic (exact) mass is 243 g/mol. The van der Waals surface area contributed by atoms with Gasteiger partial charge in [-0.05, 0) is 12.8 Å². The van der Waals surface area contributed by atoms with Crippen molar-refractivity contribution in [1.82, 2.24) is 4.90 Å². The zero-order valence-corrected chi connectivity index (χ0v) is 9.76. The fraction of sp³-hybridized carbons (Fsp3) is 0.727. The first-order valence-corrected chi connectivity index (χ1v) is 5.65. The molecule has 17 heavy (non-hydrogen) atoms. The number of hydrogen-bond donors (Lipinski definition) is 2. The SMILES string of the molecule is CC(CN(CCC(=O)O)C(=O)C1CC1)C(=O)O. The second kappa shape index (κ2) is 5.65. The Balaban J connectivity index is 2.54. The summed E-state index contributed by atoms with van der Waals surface area (Å²) in [6.45, 7) is 1.68. The van der Waals surface area contributed by atoms with Gasteiger partial charge in [0.2, 0.25) is 5.91 Å². The average Bonchev–Trinajstić information content (AvgIpc) is 3.05. The van der Waals surface area contributed by atoms with Gasteiger partial charge < -0.3 is 15.1 Å². The van der Waals surface area contributed by atoms with Crippen LogP contribution < -0.4 is 0 Å². The maximum atomic E-state index is 11.8. The summed E-state index contributed by atoms with van der Waals surface area (Å²) in [6, 6.07) is 0. The fourth-order valence-corrected chi connectivity index (χ4v) is 1.52. The Morgan fingerprint density at radius 3 is 2.29 bits per heavy atom. The Bertz CT molecular complexity index is 324. The number of carboxylic acid groups (broad SMARTS) is 2. The predicted octanol–water partition coefficient (Wildman–Crippen LogP) is 0.420. The minimum atomic E-state index is -0.985. The molecule has 6 nitrogen and oxygen atoms in total. The van der Waals surface area contributed by atoms with Gasteiger partial charge in [-0.3, -0.25) is 14.4 Å². The molecule has 1 atom stereocenters. The summed E-state index contributed by atoms with van der Waals surface area (Å²) < 4.78 is 0. The van der Waals surface area contributed by atoms with Crippen LogP contribution in [0.1, 0.15) is 26.2 Å². The van der Waals surface area contributed by atoms with Crippen molar-refractivity contribution < 1.29 is 24.6 Å². The first-order valence-electron chi connectivity index (χ1n) is 5.65. The molecule has 0 aromatic heterocycles. The molecule has 0 aliphatic heterocycles. The number of carbonyl (C=O) groups excluding carboxylic acids is 1. The molecule has 0 saturated heterocycles. The normalized spacial score (nSPS) is 16.3. The molecule has 1 rings (SSSR count). The summed E-state index contributed by atoms with van der Waals surface area (Å²) in [4.78, 5) is 34.4. The van der Waals surface area contributed by atoms with Gasteiger partial charge in [0.05, 0.1) is 12.3 Å². The first kappa shape index (κ1) is 13.5. The molecule has 96 valence electrons. The Labute approximate surface area is 99.2 Å². The van der Waals surface area contributed by atoms with E-state index in [-0.39, 0.29) is 31.3 Å². The smallest absolute Gasteiger partial charge is 0.308 e. The zero-order valence-electron chi connectivity index (χ0n) is 9.76. The summed E-state index contributed by atoms with van der Waals surface area (Å²) in [7, 11) is 0. The van der Waals surface area contributed by atoms with E-state index in [1.54, 1.807) is 0 Å². The van der Waals surface area contributed by atoms with Crippen LogP contribution in [0.15, 0.2) is 0 Å². The molecule has 0 aromatic rings. The van der Waals surface area contributed by atoms with E-state index in [1.165, 1.54) is 11.8 Å². The van der Waals surface area contributed by atoms with E-state index in [1.807, 2.05) is 0 Å². The molecule has 0 radical (unpaired) electrons. The van der Waals surface area contributed by atoms with Gasteiger partial charge in [0, 0.05) is 19.0 Å². The van der Waals surface area contributed by atoms with Gasteiger partial charge >= 0.3 is 11.9 Å². The third-order valence-electron chi connectivity index (χ3n) is 2.75. The van der Waals surface area contributed by atoms with Crippen LogP contribution in [0.25, 0.3) is 0 Å². The molecular weight excluding hydrogens is 226 g/mol. The lowest BCUT2D eigenvalue weighted by Gasteiger charge is -2.23. The lowest BCUT2D eigenvalue weighted by molar-refractivity contribution is -0.143. The zero-order chi connectivity index (χ0) is 13.0. The van der Waals surface area contributed by atoms with Gasteiger partial charge in [0.25, 0.3) is 0 Å². The summed E-state index contributed by atoms with van der Waals surface area (Å²) in [5, 5.41) is 17.4. The van der Waals surface area contributed by atoms with Crippen molar-refractivity contribution in [1.29, 1.82) is 0 Å². The molecular formula is C11H17NO5. The number of aliphatic carboxylic acids is 2. The van der Waals surface area contributed by atoms with Crippen molar-refractivity contribution in [2.75, 3.05) is 13.1 Å². The number of hydrogen-bond acceptors (Lipinski definition) is 3. The second-order valence-corrected chi connectivity index (χ2v) is 4.44. The Morgan fingerprint density at radius 2 is 1.88 bits per heavy atom. The highest BCUT2D eigenvalue weighted by Gasteiger charge is 2.34. The van der Waals surface area contributed by atoms with E-state index in [4.69, 9.17) is 10.2 Å². The number of rotatable bonds is 7. The van der Waals surface area contributed by atoms with Crippen LogP contribution in [0.2, 0.25) is 0 Å². The van der Waals surface area contributed by atoms with E-state index in [2.05, 4.69) is 0 Å². The Hall–Kier alpha value is -1.59. The van der Waals surface area contributed by atoms with Gasteiger partial charge in [-0.2, -0.15) is 0 Å². The second-order valence-electron chi connectivity index (χ2n) is 4.44. The summed E-state index contributed by atoms with van der Waals surface area (Å²) in [5.41, 5.74) is 0. The number of nitrogens with zero attached hydrogens (tertiary/aromatic N) is 1. The molecule has 1 saturated carbocycles. The van der Waals surface area contributed by atoms with Crippen molar-refractivity contribution in [3.8, 4) is 0 Å². The molecule has 2 N–H and O–H groups in total. The van der Waals surface area contributed by atoms with Crippen LogP contribution in [0.3, 0.4) is 0 Å². The molecule has 0 spiro atoms. The van der Waals surface area contributed by atoms with Crippen LogP contribution in [-0.4, -0.2) is 46.0 Å². The van der Waals surface area contributed by atoms with Crippen molar-refractivity contribution in [2.24, 2.45) is 11.8 Å². The van der Waals surface area contributed by atoms with Crippen molar-refractivity contribution in [2.45, 2.75) is 26.2 Å². The van der Waals surface area contributed by atoms with Gasteiger partial charge in [0.15, 0.2) is 0 Å². The molecule has 1 aliphatic carbocycles. The maximum Gasteiger partial charge on any atom is 0.308 e. The number of carbonyl (C=O) groups is 3. The summed E-state index contributed by atoms with van der Waals surface area (Å²) in [6.07, 6.45) is 1.50. The summed E-state index contributed by atoms with van der Waals surface area (Å²) >= 11 is 0. The molecule has 1 unspecified atom stereocenters. The molecule has 0 aromatic carbocycles. The van der Waals surface area contributed by atoms with Crippen LogP contribution >= 0.6 is 0 Å². The van der Waals surface area contributed by atoms with Crippen LogP contribution in [0.5, 0.6) is 0 Å². The highest BCUT2D eigenvalue weighted by atomic mass is 16.4. The Kier molecular flexibility index (Phi) is 4.48. The van der Waals surface area contributed by atoms with E-state index >= 15 is 0 Å². The van der Waals surface area contributed by atoms with Crippen molar-refractivity contribution in [3.05, 3.63) is 0 Å². The van der Waals surface area contributed by atoms with Crippen LogP contribution in [-0.2, 0) is 14.4 Å². The van der Waals surface area contributed by atoms with E-state index in [0.717, 1.165) is 12.8 Å². The minimum Gasteiger partial charge on any atom is -0.481 e. The largest absolute Gasteiger partial charge is 0.481 e.